The number of amidine groups is 1. The fourth-order valence-electron chi connectivity index (χ4n) is 3.89. The van der Waals surface area contributed by atoms with Gasteiger partial charge in [-0.2, -0.15) is 5.26 Å². The molecule has 0 saturated heterocycles. The number of hydrogen-bond donors (Lipinski definition) is 0. The number of hydrogen-bond acceptors (Lipinski definition) is 6. The van der Waals surface area contributed by atoms with E-state index in [1.807, 2.05) is 85.6 Å². The lowest BCUT2D eigenvalue weighted by Crippen LogP contribution is -2.34. The van der Waals surface area contributed by atoms with E-state index in [0.717, 1.165) is 27.8 Å². The first-order valence-electron chi connectivity index (χ1n) is 11.9. The van der Waals surface area contributed by atoms with Gasteiger partial charge >= 0.3 is 12.0 Å². The zero-order chi connectivity index (χ0) is 25.9. The van der Waals surface area contributed by atoms with Gasteiger partial charge < -0.3 is 19.1 Å². The second-order valence-corrected chi connectivity index (χ2v) is 8.10. The Morgan fingerprint density at radius 3 is 2.47 bits per heavy atom. The minimum absolute atomic E-state index is 0.178. The number of nitrogens with zero attached hydrogens (tertiary/aromatic N) is 3. The number of para-hydroxylation sites is 1. The molecule has 36 heavy (non-hydrogen) atoms. The van der Waals surface area contributed by atoms with Gasteiger partial charge in [-0.25, -0.2) is 0 Å². The van der Waals surface area contributed by atoms with Gasteiger partial charge in [-0.1, -0.05) is 48.0 Å². The van der Waals surface area contributed by atoms with Crippen molar-refractivity contribution in [3.63, 3.8) is 0 Å². The average Bonchev–Trinajstić information content (AvgIpc) is 2.88. The molecule has 0 aliphatic heterocycles. The second kappa shape index (κ2) is 13.0. The summed E-state index contributed by atoms with van der Waals surface area (Å²) in [6.45, 7) is 7.17. The molecule has 186 valence electrons. The number of esters is 1. The quantitative estimate of drug-likeness (QED) is 0.172. The first kappa shape index (κ1) is 26.3. The van der Waals surface area contributed by atoms with Gasteiger partial charge in [0.1, 0.15) is 11.5 Å². The largest absolute Gasteiger partial charge is 0.496 e. The molecule has 0 aromatic heterocycles. The summed E-state index contributed by atoms with van der Waals surface area (Å²) in [6, 6.07) is 21.4. The van der Waals surface area contributed by atoms with Crippen molar-refractivity contribution in [2.24, 2.45) is 4.99 Å². The number of carbonyl (C=O) groups excluding carboxylic acids is 1. The molecule has 3 aromatic carbocycles. The molecule has 3 aromatic rings. The minimum Gasteiger partial charge on any atom is -0.496 e. The summed E-state index contributed by atoms with van der Waals surface area (Å²) in [5.74, 6) is 1.02. The SMILES string of the molecule is CCOC(=O)Cc1ccc(OC)c(-c2ccc(C)cc2CN(CC)/C(=N/C#N)Oc2ccccc2)c1. The Hall–Kier alpha value is -4.31. The van der Waals surface area contributed by atoms with Crippen LogP contribution in [0.3, 0.4) is 0 Å². The maximum Gasteiger partial charge on any atom is 0.310 e. The first-order valence-corrected chi connectivity index (χ1v) is 11.9. The van der Waals surface area contributed by atoms with E-state index in [-0.39, 0.29) is 18.4 Å². The number of ether oxygens (including phenoxy) is 3. The Labute approximate surface area is 212 Å². The molecule has 0 N–H and O–H groups in total. The minimum atomic E-state index is -0.273. The van der Waals surface area contributed by atoms with Crippen LogP contribution in [0.5, 0.6) is 11.5 Å². The van der Waals surface area contributed by atoms with E-state index in [1.165, 1.54) is 0 Å². The van der Waals surface area contributed by atoms with Crippen LogP contribution in [-0.4, -0.2) is 37.2 Å². The molecule has 0 amide bonds. The van der Waals surface area contributed by atoms with Gasteiger partial charge in [-0.05, 0) is 61.7 Å². The third-order valence-corrected chi connectivity index (χ3v) is 5.58. The number of nitriles is 1. The van der Waals surface area contributed by atoms with Crippen molar-refractivity contribution in [3.8, 4) is 28.8 Å². The lowest BCUT2D eigenvalue weighted by atomic mass is 9.94. The molecule has 0 unspecified atom stereocenters. The summed E-state index contributed by atoms with van der Waals surface area (Å²) in [5.41, 5.74) is 4.76. The van der Waals surface area contributed by atoms with E-state index in [9.17, 15) is 10.1 Å². The van der Waals surface area contributed by atoms with Crippen LogP contribution >= 0.6 is 0 Å². The summed E-state index contributed by atoms with van der Waals surface area (Å²) >= 11 is 0. The number of benzene rings is 3. The van der Waals surface area contributed by atoms with Crippen LogP contribution in [-0.2, 0) is 22.5 Å². The molecule has 7 heteroatoms. The van der Waals surface area contributed by atoms with Crippen LogP contribution in [0.25, 0.3) is 11.1 Å². The summed E-state index contributed by atoms with van der Waals surface area (Å²) in [5, 5.41) is 9.31. The summed E-state index contributed by atoms with van der Waals surface area (Å²) < 4.78 is 16.8. The number of rotatable bonds is 9. The topological polar surface area (TPSA) is 84.2 Å². The van der Waals surface area contributed by atoms with Crippen LogP contribution in [0.1, 0.15) is 30.5 Å². The predicted octanol–water partition coefficient (Wildman–Crippen LogP) is 5.51. The molecule has 0 aliphatic rings. The Morgan fingerprint density at radius 2 is 1.81 bits per heavy atom. The van der Waals surface area contributed by atoms with E-state index in [4.69, 9.17) is 14.2 Å². The average molecular weight is 486 g/mol. The standard InChI is InChI=1S/C29H31N3O4/c1-5-32(29(31-20-30)36-24-10-8-7-9-11-24)19-23-16-21(3)12-14-25(23)26-17-22(13-15-27(26)34-4)18-28(33)35-6-2/h7-17H,5-6,18-19H2,1-4H3/b31-29-. The van der Waals surface area contributed by atoms with Crippen LogP contribution in [0.4, 0.5) is 0 Å². The highest BCUT2D eigenvalue weighted by molar-refractivity contribution is 5.80. The molecule has 0 fully saturated rings. The molecular weight excluding hydrogens is 454 g/mol. The normalized spacial score (nSPS) is 10.9. The van der Waals surface area contributed by atoms with Crippen LogP contribution in [0.2, 0.25) is 0 Å². The van der Waals surface area contributed by atoms with E-state index in [0.29, 0.717) is 31.2 Å². The second-order valence-electron chi connectivity index (χ2n) is 8.10. The number of aryl methyl sites for hydroxylation is 1. The molecule has 0 spiro atoms. The molecule has 0 radical (unpaired) electrons. The molecule has 0 aliphatic carbocycles. The van der Waals surface area contributed by atoms with E-state index in [1.54, 1.807) is 14.0 Å². The van der Waals surface area contributed by atoms with Gasteiger partial charge in [0.05, 0.1) is 20.1 Å². The van der Waals surface area contributed by atoms with Crippen molar-refractivity contribution in [1.29, 1.82) is 5.26 Å². The van der Waals surface area contributed by atoms with Crippen molar-refractivity contribution >= 4 is 12.0 Å². The van der Waals surface area contributed by atoms with Crippen LogP contribution < -0.4 is 9.47 Å². The highest BCUT2D eigenvalue weighted by Gasteiger charge is 2.18. The Kier molecular flexibility index (Phi) is 9.47. The highest BCUT2D eigenvalue weighted by atomic mass is 16.5. The summed E-state index contributed by atoms with van der Waals surface area (Å²) in [6.07, 6.45) is 2.04. The van der Waals surface area contributed by atoms with Crippen molar-refractivity contribution in [3.05, 3.63) is 83.4 Å². The highest BCUT2D eigenvalue weighted by Crippen LogP contribution is 2.35. The summed E-state index contributed by atoms with van der Waals surface area (Å²) in [4.78, 5) is 17.9. The fourth-order valence-corrected chi connectivity index (χ4v) is 3.89. The number of aliphatic imine (C=N–C) groups is 1. The van der Waals surface area contributed by atoms with Gasteiger partial charge in [-0.3, -0.25) is 4.79 Å². The third kappa shape index (κ3) is 6.86. The maximum atomic E-state index is 12.1. The molecular formula is C29H31N3O4. The monoisotopic (exact) mass is 485 g/mol. The first-order chi connectivity index (χ1) is 17.5. The van der Waals surface area contributed by atoms with Crippen LogP contribution in [0, 0.1) is 18.4 Å². The van der Waals surface area contributed by atoms with Gasteiger partial charge in [0.2, 0.25) is 6.19 Å². The van der Waals surface area contributed by atoms with Gasteiger partial charge in [0, 0.05) is 18.7 Å². The molecule has 0 saturated carbocycles. The van der Waals surface area contributed by atoms with Gasteiger partial charge in [0.15, 0.2) is 0 Å². The number of carbonyl (C=O) groups is 1. The van der Waals surface area contributed by atoms with Crippen molar-refractivity contribution < 1.29 is 19.0 Å². The molecule has 0 bridgehead atoms. The van der Waals surface area contributed by atoms with Gasteiger partial charge in [-0.15, -0.1) is 4.99 Å². The van der Waals surface area contributed by atoms with E-state index < -0.39 is 0 Å². The zero-order valence-corrected chi connectivity index (χ0v) is 21.2. The Bertz CT molecular complexity index is 1250. The van der Waals surface area contributed by atoms with Crippen molar-refractivity contribution in [2.75, 3.05) is 20.3 Å². The van der Waals surface area contributed by atoms with Crippen molar-refractivity contribution in [1.82, 2.24) is 4.90 Å². The lowest BCUT2D eigenvalue weighted by Gasteiger charge is -2.25. The van der Waals surface area contributed by atoms with E-state index >= 15 is 0 Å². The Morgan fingerprint density at radius 1 is 1.03 bits per heavy atom. The molecule has 7 nitrogen and oxygen atoms in total. The van der Waals surface area contributed by atoms with Crippen LogP contribution in [0.15, 0.2) is 71.7 Å². The Balaban J connectivity index is 2.00. The van der Waals surface area contributed by atoms with Crippen molar-refractivity contribution in [2.45, 2.75) is 33.7 Å². The number of methoxy groups -OCH3 is 1. The maximum absolute atomic E-state index is 12.1. The lowest BCUT2D eigenvalue weighted by molar-refractivity contribution is -0.142. The third-order valence-electron chi connectivity index (χ3n) is 5.58. The summed E-state index contributed by atoms with van der Waals surface area (Å²) in [7, 11) is 1.63. The predicted molar refractivity (Wildman–Crippen MR) is 140 cm³/mol. The molecule has 0 atom stereocenters. The van der Waals surface area contributed by atoms with E-state index in [2.05, 4.69) is 11.1 Å². The zero-order valence-electron chi connectivity index (χ0n) is 21.2. The van der Waals surface area contributed by atoms with Gasteiger partial charge in [0.25, 0.3) is 0 Å². The fraction of sp³-hybridized carbons (Fsp3) is 0.276. The molecule has 3 rings (SSSR count). The molecule has 0 heterocycles. The smallest absolute Gasteiger partial charge is 0.310 e.